The fourth-order valence-electron chi connectivity index (χ4n) is 2.05. The van der Waals surface area contributed by atoms with E-state index in [-0.39, 0.29) is 5.69 Å². The Kier molecular flexibility index (Phi) is 5.51. The summed E-state index contributed by atoms with van der Waals surface area (Å²) in [6.07, 6.45) is 1.62. The molecule has 8 nitrogen and oxygen atoms in total. The van der Waals surface area contributed by atoms with Gasteiger partial charge in [0.15, 0.2) is 4.34 Å². The second-order valence-corrected chi connectivity index (χ2v) is 7.05. The van der Waals surface area contributed by atoms with Crippen LogP contribution < -0.4 is 10.1 Å². The molecule has 0 bridgehead atoms. The maximum atomic E-state index is 10.9. The van der Waals surface area contributed by atoms with Gasteiger partial charge < -0.3 is 14.5 Å². The van der Waals surface area contributed by atoms with E-state index in [4.69, 9.17) is 9.15 Å². The molecule has 0 saturated carbocycles. The van der Waals surface area contributed by atoms with Gasteiger partial charge in [-0.1, -0.05) is 23.1 Å². The number of hydrogen-bond acceptors (Lipinski definition) is 9. The van der Waals surface area contributed by atoms with Gasteiger partial charge in [0.2, 0.25) is 5.13 Å². The molecule has 1 aromatic carbocycles. The van der Waals surface area contributed by atoms with Crippen LogP contribution in [-0.2, 0) is 12.3 Å². The highest BCUT2D eigenvalue weighted by Crippen LogP contribution is 2.33. The molecule has 10 heteroatoms. The number of ether oxygens (including phenoxy) is 1. The molecule has 0 radical (unpaired) electrons. The van der Waals surface area contributed by atoms with Crippen molar-refractivity contribution in [1.29, 1.82) is 0 Å². The summed E-state index contributed by atoms with van der Waals surface area (Å²) in [6, 6.07) is 8.24. The Morgan fingerprint density at radius 2 is 2.28 bits per heavy atom. The van der Waals surface area contributed by atoms with Crippen molar-refractivity contribution in [2.75, 3.05) is 12.4 Å². The first-order valence-electron chi connectivity index (χ1n) is 7.19. The van der Waals surface area contributed by atoms with Crippen LogP contribution >= 0.6 is 23.1 Å². The predicted octanol–water partition coefficient (Wildman–Crippen LogP) is 3.95. The maximum Gasteiger partial charge on any atom is 0.270 e. The van der Waals surface area contributed by atoms with Crippen molar-refractivity contribution in [2.24, 2.45) is 0 Å². The Labute approximate surface area is 151 Å². The molecule has 2 heterocycles. The van der Waals surface area contributed by atoms with Crippen LogP contribution in [0.1, 0.15) is 11.3 Å². The molecule has 0 atom stereocenters. The number of non-ortho nitro benzene ring substituents is 1. The molecule has 0 aliphatic rings. The van der Waals surface area contributed by atoms with Gasteiger partial charge in [-0.3, -0.25) is 10.1 Å². The van der Waals surface area contributed by atoms with Crippen LogP contribution in [0.25, 0.3) is 0 Å². The highest BCUT2D eigenvalue weighted by molar-refractivity contribution is 8.00. The van der Waals surface area contributed by atoms with E-state index in [0.717, 1.165) is 15.7 Å². The number of furan rings is 1. The summed E-state index contributed by atoms with van der Waals surface area (Å²) < 4.78 is 11.3. The second-order valence-electron chi connectivity index (χ2n) is 4.85. The number of benzene rings is 1. The zero-order valence-corrected chi connectivity index (χ0v) is 14.8. The highest BCUT2D eigenvalue weighted by Gasteiger charge is 2.13. The third-order valence-corrected chi connectivity index (χ3v) is 5.29. The third kappa shape index (κ3) is 4.48. The zero-order valence-electron chi connectivity index (χ0n) is 13.2. The Morgan fingerprint density at radius 1 is 1.40 bits per heavy atom. The molecule has 0 unspecified atom stereocenters. The maximum absolute atomic E-state index is 10.9. The molecule has 0 spiro atoms. The molecule has 2 aromatic heterocycles. The minimum Gasteiger partial charge on any atom is -0.496 e. The van der Waals surface area contributed by atoms with E-state index in [1.54, 1.807) is 12.3 Å². The van der Waals surface area contributed by atoms with Crippen LogP contribution in [0.3, 0.4) is 0 Å². The van der Waals surface area contributed by atoms with Crippen molar-refractivity contribution in [3.63, 3.8) is 0 Å². The van der Waals surface area contributed by atoms with Gasteiger partial charge in [0.25, 0.3) is 5.69 Å². The fourth-order valence-corrected chi connectivity index (χ4v) is 3.77. The normalized spacial score (nSPS) is 10.6. The van der Waals surface area contributed by atoms with E-state index in [2.05, 4.69) is 15.5 Å². The zero-order chi connectivity index (χ0) is 17.6. The quantitative estimate of drug-likeness (QED) is 0.357. The molecule has 25 heavy (non-hydrogen) atoms. The molecule has 0 saturated heterocycles. The number of hydrogen-bond donors (Lipinski definition) is 1. The highest BCUT2D eigenvalue weighted by atomic mass is 32.2. The summed E-state index contributed by atoms with van der Waals surface area (Å²) in [5, 5.41) is 22.9. The smallest absolute Gasteiger partial charge is 0.270 e. The number of aromatic nitrogens is 2. The van der Waals surface area contributed by atoms with Gasteiger partial charge in [-0.25, -0.2) is 0 Å². The Balaban J connectivity index is 1.62. The molecule has 0 aliphatic carbocycles. The Morgan fingerprint density at radius 3 is 3.00 bits per heavy atom. The van der Waals surface area contributed by atoms with Crippen molar-refractivity contribution >= 4 is 33.9 Å². The van der Waals surface area contributed by atoms with Gasteiger partial charge in [-0.05, 0) is 18.2 Å². The fraction of sp³-hybridized carbons (Fsp3) is 0.200. The molecule has 0 amide bonds. The lowest BCUT2D eigenvalue weighted by Gasteiger charge is -2.06. The number of anilines is 1. The van der Waals surface area contributed by atoms with Crippen molar-refractivity contribution in [3.05, 3.63) is 58.0 Å². The van der Waals surface area contributed by atoms with Gasteiger partial charge in [0.1, 0.15) is 11.5 Å². The van der Waals surface area contributed by atoms with Crippen LogP contribution in [0, 0.1) is 10.1 Å². The molecule has 130 valence electrons. The number of nitro groups is 1. The molecule has 0 fully saturated rings. The molecule has 3 aromatic rings. The average molecular weight is 378 g/mol. The number of nitro benzene ring substituents is 1. The minimum atomic E-state index is -0.421. The van der Waals surface area contributed by atoms with Crippen molar-refractivity contribution in [3.8, 4) is 5.75 Å². The van der Waals surface area contributed by atoms with E-state index in [0.29, 0.717) is 23.2 Å². The van der Waals surface area contributed by atoms with Gasteiger partial charge >= 0.3 is 0 Å². The van der Waals surface area contributed by atoms with Crippen LogP contribution in [0.5, 0.6) is 5.75 Å². The average Bonchev–Trinajstić information content (AvgIpc) is 3.29. The first kappa shape index (κ1) is 17.2. The summed E-state index contributed by atoms with van der Waals surface area (Å²) in [5.41, 5.74) is 0.775. The standard InChI is InChI=1S/C15H14N4O4S2/c1-22-13-5-4-11(19(20)21)7-10(13)9-24-15-18-17-14(25-15)16-8-12-3-2-6-23-12/h2-7H,8-9H2,1H3,(H,16,17). The van der Waals surface area contributed by atoms with Gasteiger partial charge in [0, 0.05) is 23.4 Å². The predicted molar refractivity (Wildman–Crippen MR) is 95.2 cm³/mol. The minimum absolute atomic E-state index is 0.0365. The molecular weight excluding hydrogens is 364 g/mol. The lowest BCUT2D eigenvalue weighted by Crippen LogP contribution is -1.96. The van der Waals surface area contributed by atoms with Gasteiger partial charge in [-0.15, -0.1) is 10.2 Å². The van der Waals surface area contributed by atoms with E-state index in [1.165, 1.54) is 42.3 Å². The number of methoxy groups -OCH3 is 1. The second kappa shape index (κ2) is 7.99. The largest absolute Gasteiger partial charge is 0.496 e. The van der Waals surface area contributed by atoms with Crippen LogP contribution in [0.4, 0.5) is 10.8 Å². The Hall–Kier alpha value is -2.59. The first-order chi connectivity index (χ1) is 12.2. The summed E-state index contributed by atoms with van der Waals surface area (Å²) in [5.74, 6) is 1.92. The summed E-state index contributed by atoms with van der Waals surface area (Å²) in [7, 11) is 1.54. The third-order valence-electron chi connectivity index (χ3n) is 3.23. The lowest BCUT2D eigenvalue weighted by atomic mass is 10.2. The van der Waals surface area contributed by atoms with E-state index < -0.39 is 4.92 Å². The Bertz CT molecular complexity index is 851. The lowest BCUT2D eigenvalue weighted by molar-refractivity contribution is -0.384. The van der Waals surface area contributed by atoms with Crippen molar-refractivity contribution in [1.82, 2.24) is 10.2 Å². The summed E-state index contributed by atoms with van der Waals surface area (Å²) in [6.45, 7) is 0.533. The molecule has 1 N–H and O–H groups in total. The first-order valence-corrected chi connectivity index (χ1v) is 9.00. The van der Waals surface area contributed by atoms with E-state index in [9.17, 15) is 10.1 Å². The van der Waals surface area contributed by atoms with Gasteiger partial charge in [0.05, 0.1) is 24.8 Å². The summed E-state index contributed by atoms with van der Waals surface area (Å²) in [4.78, 5) is 10.5. The molecular formula is C15H14N4O4S2. The number of nitrogens with one attached hydrogen (secondary N) is 1. The van der Waals surface area contributed by atoms with Gasteiger partial charge in [-0.2, -0.15) is 0 Å². The number of nitrogens with zero attached hydrogens (tertiary/aromatic N) is 3. The number of rotatable bonds is 8. The van der Waals surface area contributed by atoms with Crippen molar-refractivity contribution in [2.45, 2.75) is 16.6 Å². The van der Waals surface area contributed by atoms with E-state index >= 15 is 0 Å². The topological polar surface area (TPSA) is 103 Å². The van der Waals surface area contributed by atoms with E-state index in [1.807, 2.05) is 12.1 Å². The number of thioether (sulfide) groups is 1. The molecule has 3 rings (SSSR count). The monoisotopic (exact) mass is 378 g/mol. The van der Waals surface area contributed by atoms with Crippen LogP contribution in [0.15, 0.2) is 45.4 Å². The molecule has 0 aliphatic heterocycles. The van der Waals surface area contributed by atoms with Crippen LogP contribution in [-0.4, -0.2) is 22.2 Å². The van der Waals surface area contributed by atoms with Crippen LogP contribution in [0.2, 0.25) is 0 Å². The summed E-state index contributed by atoms with van der Waals surface area (Å²) >= 11 is 2.86. The SMILES string of the molecule is COc1ccc([N+](=O)[O-])cc1CSc1nnc(NCc2ccco2)s1. The van der Waals surface area contributed by atoms with Crippen molar-refractivity contribution < 1.29 is 14.1 Å².